The summed E-state index contributed by atoms with van der Waals surface area (Å²) in [7, 11) is -1.77. The summed E-state index contributed by atoms with van der Waals surface area (Å²) in [4.78, 5) is 1.55. The van der Waals surface area contributed by atoms with Crippen LogP contribution >= 0.6 is 0 Å². The second-order valence-electron chi connectivity index (χ2n) is 6.06. The summed E-state index contributed by atoms with van der Waals surface area (Å²) in [6.45, 7) is 5.12. The van der Waals surface area contributed by atoms with Crippen LogP contribution in [-0.2, 0) is 23.0 Å². The van der Waals surface area contributed by atoms with Crippen molar-refractivity contribution in [1.82, 2.24) is 15.0 Å². The zero-order valence-electron chi connectivity index (χ0n) is 14.5. The van der Waals surface area contributed by atoms with Crippen LogP contribution in [0.25, 0.3) is 0 Å². The third-order valence-electron chi connectivity index (χ3n) is 3.57. The van der Waals surface area contributed by atoms with E-state index >= 15 is 0 Å². The molecular formula is C16H24N4O3S. The van der Waals surface area contributed by atoms with Gasteiger partial charge < -0.3 is 4.74 Å². The van der Waals surface area contributed by atoms with E-state index in [2.05, 4.69) is 24.0 Å². The van der Waals surface area contributed by atoms with Gasteiger partial charge in [-0.25, -0.2) is 8.42 Å². The predicted molar refractivity (Wildman–Crippen MR) is 93.7 cm³/mol. The highest BCUT2D eigenvalue weighted by Gasteiger charge is 2.19. The summed E-state index contributed by atoms with van der Waals surface area (Å²) in [5.41, 5.74) is 1.55. The topological polar surface area (TPSA) is 77.3 Å². The van der Waals surface area contributed by atoms with Gasteiger partial charge in [0.15, 0.2) is 0 Å². The van der Waals surface area contributed by atoms with Crippen LogP contribution in [-0.4, -0.2) is 43.3 Å². The summed E-state index contributed by atoms with van der Waals surface area (Å²) in [5, 5.41) is 8.07. The Morgan fingerprint density at radius 3 is 2.50 bits per heavy atom. The van der Waals surface area contributed by atoms with Crippen LogP contribution in [0.3, 0.4) is 0 Å². The van der Waals surface area contributed by atoms with Crippen LogP contribution in [0.15, 0.2) is 30.6 Å². The van der Waals surface area contributed by atoms with E-state index in [-0.39, 0.29) is 0 Å². The van der Waals surface area contributed by atoms with Gasteiger partial charge in [0.25, 0.3) is 0 Å². The number of anilines is 1. The smallest absolute Gasteiger partial charge is 0.232 e. The lowest BCUT2D eigenvalue weighted by atomic mass is 10.00. The predicted octanol–water partition coefficient (Wildman–Crippen LogP) is 1.95. The number of rotatable bonds is 8. The average molecular weight is 352 g/mol. The molecule has 8 heteroatoms. The maximum atomic E-state index is 11.9. The van der Waals surface area contributed by atoms with Gasteiger partial charge in [0, 0.05) is 12.6 Å². The van der Waals surface area contributed by atoms with Crippen molar-refractivity contribution in [2.24, 2.45) is 5.92 Å². The Bertz CT molecular complexity index is 758. The van der Waals surface area contributed by atoms with Crippen LogP contribution in [0.2, 0.25) is 0 Å². The van der Waals surface area contributed by atoms with Crippen molar-refractivity contribution in [1.29, 1.82) is 0 Å². The molecule has 0 radical (unpaired) electrons. The molecule has 0 fully saturated rings. The number of sulfonamides is 1. The Morgan fingerprint density at radius 1 is 1.25 bits per heavy atom. The molecule has 0 saturated heterocycles. The second kappa shape index (κ2) is 7.65. The van der Waals surface area contributed by atoms with Gasteiger partial charge in [-0.1, -0.05) is 19.9 Å². The summed E-state index contributed by atoms with van der Waals surface area (Å²) in [6.07, 6.45) is 5.16. The molecule has 0 bridgehead atoms. The molecular weight excluding hydrogens is 328 g/mol. The molecule has 1 heterocycles. The van der Waals surface area contributed by atoms with E-state index in [9.17, 15) is 8.42 Å². The van der Waals surface area contributed by atoms with E-state index in [1.807, 2.05) is 12.1 Å². The molecule has 0 atom stereocenters. The van der Waals surface area contributed by atoms with Gasteiger partial charge in [-0.05, 0) is 24.5 Å². The Hall–Kier alpha value is -2.09. The van der Waals surface area contributed by atoms with E-state index in [1.54, 1.807) is 30.3 Å². The highest BCUT2D eigenvalue weighted by molar-refractivity contribution is 7.92. The molecule has 0 N–H and O–H groups in total. The van der Waals surface area contributed by atoms with Crippen molar-refractivity contribution in [3.63, 3.8) is 0 Å². The van der Waals surface area contributed by atoms with Crippen LogP contribution in [0, 0.1) is 5.92 Å². The third kappa shape index (κ3) is 4.70. The Labute approximate surface area is 143 Å². The Morgan fingerprint density at radius 2 is 1.92 bits per heavy atom. The highest BCUT2D eigenvalue weighted by atomic mass is 32.2. The first-order chi connectivity index (χ1) is 11.3. The number of ether oxygens (including phenoxy) is 1. The van der Waals surface area contributed by atoms with Gasteiger partial charge in [0.05, 0.1) is 30.9 Å². The zero-order chi connectivity index (χ0) is 17.7. The molecule has 0 spiro atoms. The molecule has 1 aromatic carbocycles. The number of hydrogen-bond donors (Lipinski definition) is 0. The number of hydrogen-bond acceptors (Lipinski definition) is 5. The quantitative estimate of drug-likeness (QED) is 0.726. The van der Waals surface area contributed by atoms with Gasteiger partial charge in [0.1, 0.15) is 12.4 Å². The lowest BCUT2D eigenvalue weighted by molar-refractivity contribution is 0.278. The SMILES string of the molecule is CC(C)Cc1c(OCCn2nccn2)cccc1N(C)S(C)(=O)=O. The molecule has 2 aromatic rings. The van der Waals surface area contributed by atoms with Crippen molar-refractivity contribution in [2.75, 3.05) is 24.2 Å². The van der Waals surface area contributed by atoms with Crippen molar-refractivity contribution >= 4 is 15.7 Å². The molecule has 0 saturated carbocycles. The monoisotopic (exact) mass is 352 g/mol. The second-order valence-corrected chi connectivity index (χ2v) is 8.07. The van der Waals surface area contributed by atoms with Crippen LogP contribution < -0.4 is 9.04 Å². The van der Waals surface area contributed by atoms with E-state index in [4.69, 9.17) is 4.74 Å². The minimum atomic E-state index is -3.33. The van der Waals surface area contributed by atoms with E-state index in [0.717, 1.165) is 12.0 Å². The van der Waals surface area contributed by atoms with Crippen molar-refractivity contribution in [2.45, 2.75) is 26.8 Å². The van der Waals surface area contributed by atoms with Gasteiger partial charge in [0.2, 0.25) is 10.0 Å². The van der Waals surface area contributed by atoms with Gasteiger partial charge >= 0.3 is 0 Å². The molecule has 0 aliphatic carbocycles. The van der Waals surface area contributed by atoms with Crippen molar-refractivity contribution in [3.05, 3.63) is 36.2 Å². The summed E-state index contributed by atoms with van der Waals surface area (Å²) in [6, 6.07) is 5.48. The lowest BCUT2D eigenvalue weighted by Gasteiger charge is -2.23. The maximum absolute atomic E-state index is 11.9. The minimum absolute atomic E-state index is 0.370. The first-order valence-electron chi connectivity index (χ1n) is 7.81. The first kappa shape index (κ1) is 18.3. The van der Waals surface area contributed by atoms with E-state index < -0.39 is 10.0 Å². The number of benzene rings is 1. The summed E-state index contributed by atoms with van der Waals surface area (Å²) in [5.74, 6) is 1.07. The Kier molecular flexibility index (Phi) is 5.82. The molecule has 0 aliphatic heterocycles. The van der Waals surface area contributed by atoms with Crippen molar-refractivity contribution < 1.29 is 13.2 Å². The standard InChI is InChI=1S/C16H24N4O3S/c1-13(2)12-14-15(19(3)24(4,21)22)6-5-7-16(14)23-11-10-20-17-8-9-18-20/h5-9,13H,10-12H2,1-4H3. The van der Waals surface area contributed by atoms with E-state index in [1.165, 1.54) is 10.6 Å². The number of aromatic nitrogens is 3. The van der Waals surface area contributed by atoms with Gasteiger partial charge in [-0.3, -0.25) is 4.31 Å². The lowest BCUT2D eigenvalue weighted by Crippen LogP contribution is -2.26. The summed E-state index contributed by atoms with van der Waals surface area (Å²) < 4.78 is 31.0. The molecule has 2 rings (SSSR count). The molecule has 0 amide bonds. The first-order valence-corrected chi connectivity index (χ1v) is 9.66. The fourth-order valence-corrected chi connectivity index (χ4v) is 2.90. The normalized spacial score (nSPS) is 11.7. The third-order valence-corrected chi connectivity index (χ3v) is 4.76. The maximum Gasteiger partial charge on any atom is 0.232 e. The molecule has 0 unspecified atom stereocenters. The molecule has 24 heavy (non-hydrogen) atoms. The molecule has 132 valence electrons. The van der Waals surface area contributed by atoms with E-state index in [0.29, 0.717) is 30.5 Å². The summed E-state index contributed by atoms with van der Waals surface area (Å²) >= 11 is 0. The fourth-order valence-electron chi connectivity index (χ4n) is 2.37. The highest BCUT2D eigenvalue weighted by Crippen LogP contribution is 2.32. The molecule has 1 aromatic heterocycles. The average Bonchev–Trinajstić information content (AvgIpc) is 3.00. The Balaban J connectivity index is 2.25. The van der Waals surface area contributed by atoms with Crippen LogP contribution in [0.4, 0.5) is 5.69 Å². The van der Waals surface area contributed by atoms with Gasteiger partial charge in [-0.2, -0.15) is 15.0 Å². The molecule has 7 nitrogen and oxygen atoms in total. The van der Waals surface area contributed by atoms with Crippen LogP contribution in [0.1, 0.15) is 19.4 Å². The minimum Gasteiger partial charge on any atom is -0.491 e. The van der Waals surface area contributed by atoms with Gasteiger partial charge in [-0.15, -0.1) is 0 Å². The van der Waals surface area contributed by atoms with Crippen LogP contribution in [0.5, 0.6) is 5.75 Å². The molecule has 0 aliphatic rings. The van der Waals surface area contributed by atoms with Crippen molar-refractivity contribution in [3.8, 4) is 5.75 Å². The largest absolute Gasteiger partial charge is 0.491 e. The number of nitrogens with zero attached hydrogens (tertiary/aromatic N) is 4. The zero-order valence-corrected chi connectivity index (χ0v) is 15.3. The fraction of sp³-hybridized carbons (Fsp3) is 0.500.